The predicted octanol–water partition coefficient (Wildman–Crippen LogP) is 1.04. The summed E-state index contributed by atoms with van der Waals surface area (Å²) >= 11 is 1.45. The molecule has 0 aromatic carbocycles. The lowest BCUT2D eigenvalue weighted by Gasteiger charge is -2.34. The first-order valence-corrected chi connectivity index (χ1v) is 10.7. The monoisotopic (exact) mass is 424 g/mol. The number of morpholine rings is 1. The maximum absolute atomic E-state index is 13.2. The van der Waals surface area contributed by atoms with Crippen molar-refractivity contribution in [3.63, 3.8) is 0 Å². The van der Waals surface area contributed by atoms with Crippen LogP contribution >= 0.6 is 11.3 Å². The molecule has 3 amide bonds. The van der Waals surface area contributed by atoms with Gasteiger partial charge in [-0.25, -0.2) is 9.78 Å². The topological polar surface area (TPSA) is 101 Å². The molecule has 0 spiro atoms. The van der Waals surface area contributed by atoms with Gasteiger partial charge in [0.15, 0.2) is 0 Å². The molecule has 0 aliphatic carbocycles. The molecule has 10 heteroatoms. The second kappa shape index (κ2) is 9.08. The maximum atomic E-state index is 13.2. The van der Waals surface area contributed by atoms with Crippen molar-refractivity contribution in [2.24, 2.45) is 0 Å². The summed E-state index contributed by atoms with van der Waals surface area (Å²) < 4.78 is 10.6. The summed E-state index contributed by atoms with van der Waals surface area (Å²) in [5.74, 6) is -0.370. The number of ether oxygens (including phenoxy) is 2. The van der Waals surface area contributed by atoms with Crippen molar-refractivity contribution in [1.29, 1.82) is 0 Å². The third-order valence-corrected chi connectivity index (χ3v) is 5.44. The molecule has 29 heavy (non-hydrogen) atoms. The van der Waals surface area contributed by atoms with Gasteiger partial charge in [0.1, 0.15) is 17.7 Å². The Kier molecular flexibility index (Phi) is 6.74. The third-order valence-electron chi connectivity index (χ3n) is 4.80. The van der Waals surface area contributed by atoms with E-state index < -0.39 is 23.8 Å². The van der Waals surface area contributed by atoms with Gasteiger partial charge >= 0.3 is 6.09 Å². The van der Waals surface area contributed by atoms with Crippen LogP contribution in [0.2, 0.25) is 0 Å². The lowest BCUT2D eigenvalue weighted by molar-refractivity contribution is -0.146. The Balaban J connectivity index is 1.71. The molecule has 9 nitrogen and oxygen atoms in total. The van der Waals surface area contributed by atoms with Gasteiger partial charge in [0.05, 0.1) is 24.4 Å². The average molecular weight is 425 g/mol. The summed E-state index contributed by atoms with van der Waals surface area (Å²) in [6.45, 7) is 7.69. The van der Waals surface area contributed by atoms with E-state index >= 15 is 0 Å². The van der Waals surface area contributed by atoms with Crippen LogP contribution < -0.4 is 5.32 Å². The van der Waals surface area contributed by atoms with Crippen LogP contribution in [0.4, 0.5) is 4.79 Å². The number of aromatic nitrogens is 1. The van der Waals surface area contributed by atoms with Crippen LogP contribution in [-0.4, -0.2) is 83.2 Å². The van der Waals surface area contributed by atoms with E-state index in [4.69, 9.17) is 9.47 Å². The van der Waals surface area contributed by atoms with Crippen LogP contribution in [0.1, 0.15) is 32.9 Å². The molecule has 1 aromatic rings. The summed E-state index contributed by atoms with van der Waals surface area (Å²) in [6, 6.07) is -1.34. The fourth-order valence-corrected chi connectivity index (χ4v) is 4.03. The zero-order chi connectivity index (χ0) is 21.0. The van der Waals surface area contributed by atoms with Gasteiger partial charge in [-0.3, -0.25) is 9.59 Å². The van der Waals surface area contributed by atoms with Crippen molar-refractivity contribution in [3.05, 3.63) is 16.6 Å². The van der Waals surface area contributed by atoms with E-state index in [-0.39, 0.29) is 11.8 Å². The van der Waals surface area contributed by atoms with Crippen LogP contribution in [-0.2, 0) is 25.5 Å². The molecule has 3 heterocycles. The number of nitrogens with one attached hydrogen (secondary N) is 1. The Labute approximate surface area is 174 Å². The molecular formula is C19H28N4O5S. The van der Waals surface area contributed by atoms with Crippen molar-refractivity contribution in [2.75, 3.05) is 32.8 Å². The highest BCUT2D eigenvalue weighted by Gasteiger charge is 2.41. The largest absolute Gasteiger partial charge is 0.444 e. The number of likely N-dealkylation sites (tertiary alicyclic amines) is 1. The Morgan fingerprint density at radius 2 is 2.07 bits per heavy atom. The van der Waals surface area contributed by atoms with Crippen molar-refractivity contribution < 1.29 is 23.9 Å². The number of alkyl carbamates (subject to hydrolysis) is 1. The quantitative estimate of drug-likeness (QED) is 0.758. The molecule has 0 unspecified atom stereocenters. The van der Waals surface area contributed by atoms with E-state index in [1.54, 1.807) is 36.1 Å². The minimum atomic E-state index is -0.694. The zero-order valence-corrected chi connectivity index (χ0v) is 17.9. The first kappa shape index (κ1) is 21.5. The van der Waals surface area contributed by atoms with Gasteiger partial charge in [-0.05, 0) is 27.2 Å². The van der Waals surface area contributed by atoms with E-state index in [2.05, 4.69) is 10.3 Å². The lowest BCUT2D eigenvalue weighted by Crippen LogP contribution is -2.54. The summed E-state index contributed by atoms with van der Waals surface area (Å²) in [5.41, 5.74) is 1.84. The Morgan fingerprint density at radius 3 is 2.69 bits per heavy atom. The maximum Gasteiger partial charge on any atom is 0.408 e. The van der Waals surface area contributed by atoms with Crippen molar-refractivity contribution >= 4 is 29.2 Å². The molecule has 1 N–H and O–H groups in total. The van der Waals surface area contributed by atoms with Gasteiger partial charge in [0, 0.05) is 31.4 Å². The van der Waals surface area contributed by atoms with E-state index in [0.29, 0.717) is 45.7 Å². The second-order valence-electron chi connectivity index (χ2n) is 8.16. The summed E-state index contributed by atoms with van der Waals surface area (Å²) in [6.07, 6.45) is 0.153. The molecule has 1 aromatic heterocycles. The molecule has 0 bridgehead atoms. The summed E-state index contributed by atoms with van der Waals surface area (Å²) in [4.78, 5) is 45.9. The fourth-order valence-electron chi connectivity index (χ4n) is 3.46. The van der Waals surface area contributed by atoms with Crippen molar-refractivity contribution in [3.8, 4) is 0 Å². The van der Waals surface area contributed by atoms with Gasteiger partial charge in [-0.1, -0.05) is 0 Å². The Morgan fingerprint density at radius 1 is 1.34 bits per heavy atom. The minimum Gasteiger partial charge on any atom is -0.444 e. The highest BCUT2D eigenvalue weighted by molar-refractivity contribution is 7.07. The molecule has 0 saturated carbocycles. The minimum absolute atomic E-state index is 0.104. The summed E-state index contributed by atoms with van der Waals surface area (Å²) in [7, 11) is 0. The first-order valence-electron chi connectivity index (χ1n) is 9.78. The molecule has 160 valence electrons. The van der Waals surface area contributed by atoms with Crippen molar-refractivity contribution in [1.82, 2.24) is 20.1 Å². The van der Waals surface area contributed by atoms with Gasteiger partial charge in [-0.15, -0.1) is 11.3 Å². The SMILES string of the molecule is CC(C)(C)OC(=O)N[C@H]1CCN([C@@H](Cc2cscn2)C(=O)N2CCOCC2)C1=O. The van der Waals surface area contributed by atoms with Gasteiger partial charge in [0.2, 0.25) is 11.8 Å². The number of hydrogen-bond donors (Lipinski definition) is 1. The molecule has 3 rings (SSSR count). The fraction of sp³-hybridized carbons (Fsp3) is 0.684. The van der Waals surface area contributed by atoms with Crippen LogP contribution in [0.5, 0.6) is 0 Å². The Hall–Kier alpha value is -2.20. The van der Waals surface area contributed by atoms with Crippen LogP contribution in [0.25, 0.3) is 0 Å². The van der Waals surface area contributed by atoms with Crippen LogP contribution in [0.15, 0.2) is 10.9 Å². The first-order chi connectivity index (χ1) is 13.7. The van der Waals surface area contributed by atoms with E-state index in [9.17, 15) is 14.4 Å². The smallest absolute Gasteiger partial charge is 0.408 e. The Bertz CT molecular complexity index is 727. The number of carbonyl (C=O) groups is 3. The van der Waals surface area contributed by atoms with E-state index in [1.165, 1.54) is 11.3 Å². The molecule has 2 aliphatic rings. The highest BCUT2D eigenvalue weighted by atomic mass is 32.1. The van der Waals surface area contributed by atoms with Gasteiger partial charge in [0.25, 0.3) is 0 Å². The molecule has 2 aliphatic heterocycles. The number of carbonyl (C=O) groups excluding carboxylic acids is 3. The molecular weight excluding hydrogens is 396 g/mol. The average Bonchev–Trinajstić information content (AvgIpc) is 3.29. The van der Waals surface area contributed by atoms with Crippen LogP contribution in [0.3, 0.4) is 0 Å². The highest BCUT2D eigenvalue weighted by Crippen LogP contribution is 2.21. The molecule has 2 atom stereocenters. The summed E-state index contributed by atoms with van der Waals surface area (Å²) in [5, 5.41) is 4.52. The van der Waals surface area contributed by atoms with Gasteiger partial charge < -0.3 is 24.6 Å². The molecule has 2 saturated heterocycles. The molecule has 2 fully saturated rings. The standard InChI is InChI=1S/C19H28N4O5S/c1-19(2,3)28-18(26)21-14-4-5-23(16(14)24)15(10-13-11-29-12-20-13)17(25)22-6-8-27-9-7-22/h11-12,14-15H,4-10H2,1-3H3,(H,21,26)/t14-,15-/m0/s1. The van der Waals surface area contributed by atoms with Crippen molar-refractivity contribution in [2.45, 2.75) is 51.3 Å². The normalized spacial score (nSPS) is 21.2. The predicted molar refractivity (Wildman–Crippen MR) is 106 cm³/mol. The zero-order valence-electron chi connectivity index (χ0n) is 17.1. The number of rotatable bonds is 5. The number of amides is 3. The molecule has 0 radical (unpaired) electrons. The van der Waals surface area contributed by atoms with E-state index in [0.717, 1.165) is 5.69 Å². The van der Waals surface area contributed by atoms with Gasteiger partial charge in [-0.2, -0.15) is 0 Å². The number of nitrogens with zero attached hydrogens (tertiary/aromatic N) is 3. The van der Waals surface area contributed by atoms with Crippen LogP contribution in [0, 0.1) is 0 Å². The second-order valence-corrected chi connectivity index (χ2v) is 8.88. The number of thiazole rings is 1. The van der Waals surface area contributed by atoms with E-state index in [1.807, 2.05) is 5.38 Å². The number of hydrogen-bond acceptors (Lipinski definition) is 7. The lowest BCUT2D eigenvalue weighted by atomic mass is 10.1. The third kappa shape index (κ3) is 5.66.